The van der Waals surface area contributed by atoms with Crippen LogP contribution in [0.4, 0.5) is 4.39 Å². The van der Waals surface area contributed by atoms with Gasteiger partial charge >= 0.3 is 0 Å². The van der Waals surface area contributed by atoms with Gasteiger partial charge in [0.15, 0.2) is 0 Å². The Bertz CT molecular complexity index is 741. The van der Waals surface area contributed by atoms with E-state index in [0.717, 1.165) is 42.1 Å². The summed E-state index contributed by atoms with van der Waals surface area (Å²) in [4.78, 5) is -0.994. The average molecular weight is 336 g/mol. The van der Waals surface area contributed by atoms with Gasteiger partial charge in [-0.3, -0.25) is 0 Å². The zero-order chi connectivity index (χ0) is 15.8. The summed E-state index contributed by atoms with van der Waals surface area (Å²) in [6.07, 6.45) is 3.37. The average Bonchev–Trinajstić information content (AvgIpc) is 2.89. The van der Waals surface area contributed by atoms with Crippen molar-refractivity contribution in [1.29, 1.82) is 0 Å². The van der Waals surface area contributed by atoms with Crippen LogP contribution in [0.1, 0.15) is 25.7 Å². The fourth-order valence-corrected chi connectivity index (χ4v) is 4.47. The zero-order valence-electron chi connectivity index (χ0n) is 11.5. The van der Waals surface area contributed by atoms with Crippen molar-refractivity contribution >= 4 is 20.0 Å². The van der Waals surface area contributed by atoms with Crippen molar-refractivity contribution in [3.63, 3.8) is 0 Å². The molecule has 0 unspecified atom stereocenters. The van der Waals surface area contributed by atoms with Gasteiger partial charge in [-0.05, 0) is 31.0 Å². The van der Waals surface area contributed by atoms with E-state index in [0.29, 0.717) is 6.07 Å². The largest absolute Gasteiger partial charge is 0.245 e. The molecule has 9 heteroatoms. The summed E-state index contributed by atoms with van der Waals surface area (Å²) in [5.41, 5.74) is 0. The Balaban J connectivity index is 2.41. The predicted octanol–water partition coefficient (Wildman–Crippen LogP) is 1.04. The number of benzene rings is 1. The van der Waals surface area contributed by atoms with Crippen LogP contribution in [0.2, 0.25) is 0 Å². The van der Waals surface area contributed by atoms with Crippen molar-refractivity contribution in [3.8, 4) is 0 Å². The third-order valence-electron chi connectivity index (χ3n) is 3.73. The van der Waals surface area contributed by atoms with Crippen LogP contribution < -0.4 is 5.14 Å². The van der Waals surface area contributed by atoms with Crippen LogP contribution in [0.25, 0.3) is 0 Å². The van der Waals surface area contributed by atoms with E-state index in [1.165, 1.54) is 7.05 Å². The monoisotopic (exact) mass is 336 g/mol. The van der Waals surface area contributed by atoms with Gasteiger partial charge in [-0.1, -0.05) is 12.8 Å². The maximum absolute atomic E-state index is 14.0. The fourth-order valence-electron chi connectivity index (χ4n) is 2.49. The topological polar surface area (TPSA) is 97.5 Å². The van der Waals surface area contributed by atoms with Crippen LogP contribution in [-0.2, 0) is 20.0 Å². The van der Waals surface area contributed by atoms with Crippen LogP contribution in [0, 0.1) is 5.82 Å². The lowest BCUT2D eigenvalue weighted by atomic mass is 10.3. The molecule has 2 rings (SSSR count). The molecule has 2 N–H and O–H groups in total. The van der Waals surface area contributed by atoms with E-state index in [1.54, 1.807) is 0 Å². The predicted molar refractivity (Wildman–Crippen MR) is 75.0 cm³/mol. The van der Waals surface area contributed by atoms with Crippen molar-refractivity contribution in [2.75, 3.05) is 7.05 Å². The molecule has 118 valence electrons. The van der Waals surface area contributed by atoms with Gasteiger partial charge in [0, 0.05) is 13.1 Å². The Kier molecular flexibility index (Phi) is 4.39. The Morgan fingerprint density at radius 3 is 2.24 bits per heavy atom. The van der Waals surface area contributed by atoms with E-state index in [9.17, 15) is 21.2 Å². The molecule has 0 aromatic heterocycles. The molecule has 1 aromatic rings. The quantitative estimate of drug-likeness (QED) is 0.888. The summed E-state index contributed by atoms with van der Waals surface area (Å²) in [6, 6.07) is 2.42. The fraction of sp³-hybridized carbons (Fsp3) is 0.500. The molecule has 0 radical (unpaired) electrons. The highest BCUT2D eigenvalue weighted by atomic mass is 32.2. The minimum Gasteiger partial charge on any atom is -0.225 e. The first-order valence-electron chi connectivity index (χ1n) is 6.44. The smallest absolute Gasteiger partial charge is 0.225 e. The van der Waals surface area contributed by atoms with E-state index < -0.39 is 35.7 Å². The SMILES string of the molecule is CN(C1CCCC1)S(=O)(=O)c1ccc(S(N)(=O)=O)cc1F. The van der Waals surface area contributed by atoms with Gasteiger partial charge < -0.3 is 0 Å². The van der Waals surface area contributed by atoms with Gasteiger partial charge in [-0.2, -0.15) is 4.31 Å². The van der Waals surface area contributed by atoms with Crippen molar-refractivity contribution in [3.05, 3.63) is 24.0 Å². The van der Waals surface area contributed by atoms with Crippen LogP contribution in [0.3, 0.4) is 0 Å². The van der Waals surface area contributed by atoms with Crippen molar-refractivity contribution in [2.45, 2.75) is 41.5 Å². The van der Waals surface area contributed by atoms with E-state index in [-0.39, 0.29) is 6.04 Å². The Morgan fingerprint density at radius 2 is 1.76 bits per heavy atom. The Labute approximate surface area is 123 Å². The molecule has 0 amide bonds. The molecule has 1 aliphatic carbocycles. The molecule has 0 saturated heterocycles. The number of primary sulfonamides is 1. The molecular weight excluding hydrogens is 319 g/mol. The third-order valence-corrected chi connectivity index (χ3v) is 6.58. The van der Waals surface area contributed by atoms with E-state index in [1.807, 2.05) is 0 Å². The standard InChI is InChI=1S/C12H17FN2O4S2/c1-15(9-4-2-3-5-9)21(18,19)12-7-6-10(8-11(12)13)20(14,16)17/h6-9H,2-5H2,1H3,(H2,14,16,17). The molecule has 1 aromatic carbocycles. The third kappa shape index (κ3) is 3.25. The van der Waals surface area contributed by atoms with Gasteiger partial charge in [0.1, 0.15) is 10.7 Å². The molecule has 6 nitrogen and oxygen atoms in total. The van der Waals surface area contributed by atoms with Crippen LogP contribution in [0.15, 0.2) is 28.0 Å². The van der Waals surface area contributed by atoms with E-state index in [2.05, 4.69) is 0 Å². The second kappa shape index (κ2) is 5.64. The second-order valence-electron chi connectivity index (χ2n) is 5.10. The lowest BCUT2D eigenvalue weighted by molar-refractivity contribution is 0.370. The summed E-state index contributed by atoms with van der Waals surface area (Å²) < 4.78 is 62.3. The van der Waals surface area contributed by atoms with Crippen LogP contribution >= 0.6 is 0 Å². The molecule has 1 fully saturated rings. The maximum Gasteiger partial charge on any atom is 0.245 e. The Morgan fingerprint density at radius 1 is 1.19 bits per heavy atom. The van der Waals surface area contributed by atoms with E-state index >= 15 is 0 Å². The number of rotatable bonds is 4. The molecule has 0 bridgehead atoms. The summed E-state index contributed by atoms with van der Waals surface area (Å²) >= 11 is 0. The number of hydrogen-bond donors (Lipinski definition) is 1. The van der Waals surface area contributed by atoms with Crippen LogP contribution in [-0.4, -0.2) is 34.2 Å². The van der Waals surface area contributed by atoms with Gasteiger partial charge in [0.2, 0.25) is 20.0 Å². The highest BCUT2D eigenvalue weighted by Gasteiger charge is 2.32. The van der Waals surface area contributed by atoms with Gasteiger partial charge in [-0.25, -0.2) is 26.4 Å². The van der Waals surface area contributed by atoms with E-state index in [4.69, 9.17) is 5.14 Å². The zero-order valence-corrected chi connectivity index (χ0v) is 13.1. The summed E-state index contributed by atoms with van der Waals surface area (Å²) in [6.45, 7) is 0. The summed E-state index contributed by atoms with van der Waals surface area (Å²) in [5, 5.41) is 4.89. The maximum atomic E-state index is 14.0. The lowest BCUT2D eigenvalue weighted by Crippen LogP contribution is -2.35. The number of sulfonamides is 2. The second-order valence-corrected chi connectivity index (χ2v) is 8.62. The summed E-state index contributed by atoms with van der Waals surface area (Å²) in [5.74, 6) is -1.12. The Hall–Kier alpha value is -1.03. The minimum absolute atomic E-state index is 0.146. The normalized spacial score (nSPS) is 17.5. The van der Waals surface area contributed by atoms with Crippen molar-refractivity contribution in [1.82, 2.24) is 4.31 Å². The number of halogens is 1. The molecule has 1 saturated carbocycles. The lowest BCUT2D eigenvalue weighted by Gasteiger charge is -2.23. The number of nitrogens with two attached hydrogens (primary N) is 1. The molecule has 0 aliphatic heterocycles. The first-order valence-corrected chi connectivity index (χ1v) is 9.43. The molecular formula is C12H17FN2O4S2. The van der Waals surface area contributed by atoms with Crippen molar-refractivity contribution in [2.24, 2.45) is 5.14 Å². The molecule has 0 atom stereocenters. The minimum atomic E-state index is -4.07. The highest BCUT2D eigenvalue weighted by molar-refractivity contribution is 7.89. The molecule has 0 spiro atoms. The number of hydrogen-bond acceptors (Lipinski definition) is 4. The highest BCUT2D eigenvalue weighted by Crippen LogP contribution is 2.28. The molecule has 21 heavy (non-hydrogen) atoms. The van der Waals surface area contributed by atoms with Crippen molar-refractivity contribution < 1.29 is 21.2 Å². The molecule has 0 heterocycles. The van der Waals surface area contributed by atoms with Gasteiger partial charge in [0.05, 0.1) is 4.90 Å². The first-order chi connectivity index (χ1) is 9.64. The first kappa shape index (κ1) is 16.3. The summed E-state index contributed by atoms with van der Waals surface area (Å²) in [7, 11) is -6.65. The van der Waals surface area contributed by atoms with Gasteiger partial charge in [-0.15, -0.1) is 0 Å². The van der Waals surface area contributed by atoms with Gasteiger partial charge in [0.25, 0.3) is 0 Å². The molecule has 1 aliphatic rings. The number of nitrogens with zero attached hydrogens (tertiary/aromatic N) is 1. The van der Waals surface area contributed by atoms with Crippen LogP contribution in [0.5, 0.6) is 0 Å².